The van der Waals surface area contributed by atoms with E-state index in [1.54, 1.807) is 25.1 Å². The number of aryl methyl sites for hydroxylation is 1. The van der Waals surface area contributed by atoms with Gasteiger partial charge in [-0.1, -0.05) is 12.1 Å². The van der Waals surface area contributed by atoms with Gasteiger partial charge in [0.15, 0.2) is 28.0 Å². The number of rotatable bonds is 1. The van der Waals surface area contributed by atoms with Crippen LogP contribution in [0.25, 0.3) is 16.7 Å². The molecule has 21 heavy (non-hydrogen) atoms. The molecule has 0 atom stereocenters. The lowest BCUT2D eigenvalue weighted by Crippen LogP contribution is -2.07. The first-order valence-electron chi connectivity index (χ1n) is 5.95. The molecule has 0 radical (unpaired) electrons. The van der Waals surface area contributed by atoms with Gasteiger partial charge in [0.1, 0.15) is 5.69 Å². The average Bonchev–Trinajstić information content (AvgIpc) is 2.75. The average molecular weight is 312 g/mol. The summed E-state index contributed by atoms with van der Waals surface area (Å²) in [5.74, 6) is -5.94. The van der Waals surface area contributed by atoms with Crippen LogP contribution in [0, 0.1) is 35.0 Å². The third-order valence-corrected chi connectivity index (χ3v) is 3.50. The minimum Gasteiger partial charge on any atom is -0.330 e. The maximum atomic E-state index is 14.0. The van der Waals surface area contributed by atoms with Crippen molar-refractivity contribution in [2.24, 2.45) is 0 Å². The summed E-state index contributed by atoms with van der Waals surface area (Å²) in [4.78, 5) is 2.76. The number of benzene rings is 2. The van der Waals surface area contributed by atoms with Crippen LogP contribution in [0.2, 0.25) is 0 Å². The lowest BCUT2D eigenvalue weighted by molar-refractivity contribution is 0.448. The van der Waals surface area contributed by atoms with Crippen molar-refractivity contribution in [3.05, 3.63) is 57.9 Å². The van der Waals surface area contributed by atoms with Gasteiger partial charge >= 0.3 is 0 Å². The molecule has 0 saturated heterocycles. The Kier molecular flexibility index (Phi) is 3.09. The van der Waals surface area contributed by atoms with E-state index in [-0.39, 0.29) is 10.8 Å². The van der Waals surface area contributed by atoms with Crippen LogP contribution in [-0.4, -0.2) is 9.55 Å². The summed E-state index contributed by atoms with van der Waals surface area (Å²) in [7, 11) is 0. The standard InChI is InChI=1S/C14H8F4N2S/c1-6-3-2-4-9-12(6)20(14(21)19-9)13-10(17)7(15)5-8(16)11(13)18/h2-5H,1H3,(H,19,21). The molecule has 0 fully saturated rings. The summed E-state index contributed by atoms with van der Waals surface area (Å²) in [6.07, 6.45) is 0. The molecule has 0 aliphatic carbocycles. The van der Waals surface area contributed by atoms with Crippen LogP contribution < -0.4 is 0 Å². The number of hydrogen-bond acceptors (Lipinski definition) is 1. The van der Waals surface area contributed by atoms with Crippen molar-refractivity contribution >= 4 is 23.3 Å². The van der Waals surface area contributed by atoms with Crippen molar-refractivity contribution in [2.75, 3.05) is 0 Å². The fourth-order valence-electron chi connectivity index (χ4n) is 2.30. The van der Waals surface area contributed by atoms with Crippen molar-refractivity contribution in [1.29, 1.82) is 0 Å². The number of imidazole rings is 1. The van der Waals surface area contributed by atoms with Gasteiger partial charge < -0.3 is 4.98 Å². The highest BCUT2D eigenvalue weighted by Crippen LogP contribution is 2.28. The Hall–Kier alpha value is -2.15. The highest BCUT2D eigenvalue weighted by atomic mass is 32.1. The van der Waals surface area contributed by atoms with Crippen molar-refractivity contribution < 1.29 is 17.6 Å². The van der Waals surface area contributed by atoms with E-state index in [0.717, 1.165) is 4.57 Å². The Morgan fingerprint density at radius 2 is 1.67 bits per heavy atom. The van der Waals surface area contributed by atoms with Gasteiger partial charge in [-0.2, -0.15) is 0 Å². The van der Waals surface area contributed by atoms with E-state index in [1.165, 1.54) is 0 Å². The summed E-state index contributed by atoms with van der Waals surface area (Å²) in [5, 5.41) is 0. The van der Waals surface area contributed by atoms with Crippen LogP contribution >= 0.6 is 12.2 Å². The number of hydrogen-bond donors (Lipinski definition) is 1. The van der Waals surface area contributed by atoms with E-state index in [2.05, 4.69) is 4.98 Å². The highest BCUT2D eigenvalue weighted by Gasteiger charge is 2.23. The highest BCUT2D eigenvalue weighted by molar-refractivity contribution is 7.71. The smallest absolute Gasteiger partial charge is 0.186 e. The minimum absolute atomic E-state index is 0.0536. The molecular weight excluding hydrogens is 304 g/mol. The third-order valence-electron chi connectivity index (χ3n) is 3.22. The first-order valence-corrected chi connectivity index (χ1v) is 6.36. The van der Waals surface area contributed by atoms with Crippen molar-refractivity contribution in [1.82, 2.24) is 9.55 Å². The second-order valence-electron chi connectivity index (χ2n) is 4.55. The predicted molar refractivity (Wildman–Crippen MR) is 73.0 cm³/mol. The topological polar surface area (TPSA) is 20.7 Å². The molecule has 1 heterocycles. The molecule has 0 aliphatic heterocycles. The molecule has 1 aromatic heterocycles. The first-order chi connectivity index (χ1) is 9.91. The Morgan fingerprint density at radius 1 is 1.05 bits per heavy atom. The minimum atomic E-state index is -1.49. The molecule has 0 bridgehead atoms. The quantitative estimate of drug-likeness (QED) is 0.397. The maximum absolute atomic E-state index is 14.0. The number of para-hydroxylation sites is 1. The molecule has 0 aliphatic rings. The largest absolute Gasteiger partial charge is 0.330 e. The van der Waals surface area contributed by atoms with E-state index < -0.39 is 29.0 Å². The Labute approximate surface area is 121 Å². The maximum Gasteiger partial charge on any atom is 0.186 e. The van der Waals surface area contributed by atoms with Crippen LogP contribution in [0.1, 0.15) is 5.56 Å². The number of halogens is 4. The molecule has 108 valence electrons. The molecular formula is C14H8F4N2S. The summed E-state index contributed by atoms with van der Waals surface area (Å²) < 4.78 is 55.7. The normalized spacial score (nSPS) is 11.3. The number of aromatic nitrogens is 2. The molecule has 7 heteroatoms. The fraction of sp³-hybridized carbons (Fsp3) is 0.0714. The molecule has 3 aromatic rings. The lowest BCUT2D eigenvalue weighted by Gasteiger charge is -2.10. The van der Waals surface area contributed by atoms with Gasteiger partial charge in [-0.05, 0) is 30.8 Å². The SMILES string of the molecule is Cc1cccc2[nH]c(=S)n(-c3c(F)c(F)cc(F)c3F)c12. The van der Waals surface area contributed by atoms with Gasteiger partial charge in [0, 0.05) is 6.07 Å². The van der Waals surface area contributed by atoms with Gasteiger partial charge in [-0.15, -0.1) is 0 Å². The lowest BCUT2D eigenvalue weighted by atomic mass is 10.2. The third kappa shape index (κ3) is 1.96. The predicted octanol–water partition coefficient (Wildman–Crippen LogP) is 4.55. The summed E-state index contributed by atoms with van der Waals surface area (Å²) >= 11 is 5.03. The van der Waals surface area contributed by atoms with Crippen LogP contribution in [0.15, 0.2) is 24.3 Å². The number of H-pyrrole nitrogens is 1. The number of aromatic amines is 1. The Bertz CT molecular complexity index is 901. The second-order valence-corrected chi connectivity index (χ2v) is 4.94. The number of fused-ring (bicyclic) bond motifs is 1. The van der Waals surface area contributed by atoms with Gasteiger partial charge in [0.2, 0.25) is 0 Å². The Balaban J connectivity index is 2.53. The monoisotopic (exact) mass is 312 g/mol. The van der Waals surface area contributed by atoms with E-state index in [0.29, 0.717) is 16.6 Å². The number of nitrogens with zero attached hydrogens (tertiary/aromatic N) is 1. The van der Waals surface area contributed by atoms with Crippen LogP contribution in [0.3, 0.4) is 0 Å². The molecule has 2 aromatic carbocycles. The molecule has 3 rings (SSSR count). The van der Waals surface area contributed by atoms with E-state index in [4.69, 9.17) is 12.2 Å². The van der Waals surface area contributed by atoms with Crippen LogP contribution in [0.4, 0.5) is 17.6 Å². The van der Waals surface area contributed by atoms with Crippen LogP contribution in [-0.2, 0) is 0 Å². The van der Waals surface area contributed by atoms with Gasteiger partial charge in [-0.25, -0.2) is 17.6 Å². The summed E-state index contributed by atoms with van der Waals surface area (Å²) in [6, 6.07) is 5.25. The second kappa shape index (κ2) is 4.70. The first kappa shape index (κ1) is 13.8. The summed E-state index contributed by atoms with van der Waals surface area (Å²) in [6.45, 7) is 1.70. The van der Waals surface area contributed by atoms with Gasteiger partial charge in [0.25, 0.3) is 0 Å². The van der Waals surface area contributed by atoms with E-state index >= 15 is 0 Å². The number of nitrogens with one attached hydrogen (secondary N) is 1. The van der Waals surface area contributed by atoms with Gasteiger partial charge in [-0.3, -0.25) is 4.57 Å². The molecule has 0 amide bonds. The zero-order chi connectivity index (χ0) is 15.3. The fourth-order valence-corrected chi connectivity index (χ4v) is 2.59. The molecule has 0 unspecified atom stereocenters. The van der Waals surface area contributed by atoms with Crippen molar-refractivity contribution in [3.8, 4) is 5.69 Å². The zero-order valence-electron chi connectivity index (χ0n) is 10.7. The van der Waals surface area contributed by atoms with Crippen molar-refractivity contribution in [2.45, 2.75) is 6.92 Å². The molecule has 2 nitrogen and oxygen atoms in total. The zero-order valence-corrected chi connectivity index (χ0v) is 11.5. The molecule has 0 saturated carbocycles. The van der Waals surface area contributed by atoms with Gasteiger partial charge in [0.05, 0.1) is 11.0 Å². The van der Waals surface area contributed by atoms with Crippen molar-refractivity contribution in [3.63, 3.8) is 0 Å². The summed E-state index contributed by atoms with van der Waals surface area (Å²) in [5.41, 5.74) is 0.676. The molecule has 0 spiro atoms. The molecule has 1 N–H and O–H groups in total. The van der Waals surface area contributed by atoms with E-state index in [1.807, 2.05) is 0 Å². The Morgan fingerprint density at radius 3 is 2.29 bits per heavy atom. The van der Waals surface area contributed by atoms with E-state index in [9.17, 15) is 17.6 Å². The van der Waals surface area contributed by atoms with Crippen LogP contribution in [0.5, 0.6) is 0 Å².